The molecule has 0 amide bonds. The lowest BCUT2D eigenvalue weighted by Gasteiger charge is -2.15. The number of nitrogens with one attached hydrogen (secondary N) is 1. The number of hydrogen-bond donors (Lipinski definition) is 1. The molecule has 0 spiro atoms. The topological polar surface area (TPSA) is 30.5 Å². The Morgan fingerprint density at radius 1 is 1.00 bits per heavy atom. The van der Waals surface area contributed by atoms with E-state index in [0.717, 1.165) is 43.0 Å². The standard InChI is InChI=1S/C19H25NO2/c1-3-14-22-19-17(10-7-11-18(19)21-2)15-20-13-12-16-8-5-4-6-9-16/h4-11,20H,3,12-15H2,1-2H3. The number of ether oxygens (including phenoxy) is 2. The predicted octanol–water partition coefficient (Wildman–Crippen LogP) is 3.82. The Hall–Kier alpha value is -2.00. The molecule has 118 valence electrons. The third kappa shape index (κ3) is 4.78. The van der Waals surface area contributed by atoms with Crippen LogP contribution in [-0.2, 0) is 13.0 Å². The minimum Gasteiger partial charge on any atom is -0.493 e. The van der Waals surface area contributed by atoms with Crippen molar-refractivity contribution in [1.29, 1.82) is 0 Å². The smallest absolute Gasteiger partial charge is 0.165 e. The van der Waals surface area contributed by atoms with E-state index in [1.807, 2.05) is 18.2 Å². The van der Waals surface area contributed by atoms with Crippen molar-refractivity contribution in [3.63, 3.8) is 0 Å². The third-order valence-corrected chi connectivity index (χ3v) is 3.48. The van der Waals surface area contributed by atoms with Crippen LogP contribution in [0.1, 0.15) is 24.5 Å². The molecule has 0 saturated heterocycles. The van der Waals surface area contributed by atoms with E-state index in [4.69, 9.17) is 9.47 Å². The van der Waals surface area contributed by atoms with Gasteiger partial charge < -0.3 is 14.8 Å². The SMILES string of the molecule is CCCOc1c(CNCCc2ccccc2)cccc1OC. The second kappa shape index (κ2) is 9.11. The van der Waals surface area contributed by atoms with Crippen molar-refractivity contribution in [2.45, 2.75) is 26.3 Å². The van der Waals surface area contributed by atoms with Crippen LogP contribution in [0, 0.1) is 0 Å². The summed E-state index contributed by atoms with van der Waals surface area (Å²) in [4.78, 5) is 0. The maximum atomic E-state index is 5.86. The summed E-state index contributed by atoms with van der Waals surface area (Å²) in [6, 6.07) is 16.5. The van der Waals surface area contributed by atoms with E-state index < -0.39 is 0 Å². The van der Waals surface area contributed by atoms with E-state index in [1.165, 1.54) is 5.56 Å². The lowest BCUT2D eigenvalue weighted by Crippen LogP contribution is -2.17. The van der Waals surface area contributed by atoms with Gasteiger partial charge in [-0.2, -0.15) is 0 Å². The van der Waals surface area contributed by atoms with E-state index >= 15 is 0 Å². The van der Waals surface area contributed by atoms with E-state index in [0.29, 0.717) is 6.61 Å². The summed E-state index contributed by atoms with van der Waals surface area (Å²) in [5.41, 5.74) is 2.49. The van der Waals surface area contributed by atoms with Gasteiger partial charge in [-0.25, -0.2) is 0 Å². The molecule has 0 saturated carbocycles. The van der Waals surface area contributed by atoms with Gasteiger partial charge in [0.1, 0.15) is 0 Å². The van der Waals surface area contributed by atoms with Gasteiger partial charge in [0.2, 0.25) is 0 Å². The molecule has 3 nitrogen and oxygen atoms in total. The first-order chi connectivity index (χ1) is 10.8. The summed E-state index contributed by atoms with van der Waals surface area (Å²) < 4.78 is 11.3. The van der Waals surface area contributed by atoms with Gasteiger partial charge in [-0.15, -0.1) is 0 Å². The van der Waals surface area contributed by atoms with E-state index in [-0.39, 0.29) is 0 Å². The number of hydrogen-bond acceptors (Lipinski definition) is 3. The second-order valence-electron chi connectivity index (χ2n) is 5.21. The fraction of sp³-hybridized carbons (Fsp3) is 0.368. The molecule has 0 bridgehead atoms. The van der Waals surface area contributed by atoms with Crippen molar-refractivity contribution in [3.05, 3.63) is 59.7 Å². The molecule has 0 unspecified atom stereocenters. The number of methoxy groups -OCH3 is 1. The van der Waals surface area contributed by atoms with Gasteiger partial charge >= 0.3 is 0 Å². The molecule has 2 rings (SSSR count). The number of rotatable bonds is 9. The van der Waals surface area contributed by atoms with Gasteiger partial charge in [-0.3, -0.25) is 0 Å². The minimum atomic E-state index is 0.706. The molecule has 2 aromatic rings. The number of benzene rings is 2. The van der Waals surface area contributed by atoms with Crippen LogP contribution in [0.3, 0.4) is 0 Å². The lowest BCUT2D eigenvalue weighted by atomic mass is 10.1. The fourth-order valence-corrected chi connectivity index (χ4v) is 2.33. The summed E-state index contributed by atoms with van der Waals surface area (Å²) in [5.74, 6) is 1.66. The van der Waals surface area contributed by atoms with Gasteiger partial charge in [0.05, 0.1) is 13.7 Å². The van der Waals surface area contributed by atoms with Crippen molar-refractivity contribution in [2.24, 2.45) is 0 Å². The Morgan fingerprint density at radius 2 is 1.82 bits per heavy atom. The Bertz CT molecular complexity index is 555. The second-order valence-corrected chi connectivity index (χ2v) is 5.21. The summed E-state index contributed by atoms with van der Waals surface area (Å²) in [6.07, 6.45) is 2.01. The van der Waals surface area contributed by atoms with Gasteiger partial charge in [-0.1, -0.05) is 49.4 Å². The molecule has 22 heavy (non-hydrogen) atoms. The maximum Gasteiger partial charge on any atom is 0.165 e. The Kier molecular flexibility index (Phi) is 6.78. The minimum absolute atomic E-state index is 0.706. The molecule has 3 heteroatoms. The average Bonchev–Trinajstić information content (AvgIpc) is 2.58. The summed E-state index contributed by atoms with van der Waals surface area (Å²) >= 11 is 0. The molecule has 0 heterocycles. The molecule has 0 aromatic heterocycles. The molecule has 0 atom stereocenters. The lowest BCUT2D eigenvalue weighted by molar-refractivity contribution is 0.290. The Labute approximate surface area is 133 Å². The van der Waals surface area contributed by atoms with Crippen LogP contribution in [-0.4, -0.2) is 20.3 Å². The highest BCUT2D eigenvalue weighted by Gasteiger charge is 2.09. The quantitative estimate of drug-likeness (QED) is 0.714. The van der Waals surface area contributed by atoms with Crippen LogP contribution in [0.15, 0.2) is 48.5 Å². The summed E-state index contributed by atoms with van der Waals surface area (Å²) in [5, 5.41) is 3.48. The molecular formula is C19H25NO2. The largest absolute Gasteiger partial charge is 0.493 e. The van der Waals surface area contributed by atoms with Crippen molar-refractivity contribution < 1.29 is 9.47 Å². The molecule has 2 aromatic carbocycles. The maximum absolute atomic E-state index is 5.86. The van der Waals surface area contributed by atoms with Crippen LogP contribution in [0.2, 0.25) is 0 Å². The van der Waals surface area contributed by atoms with Crippen molar-refractivity contribution >= 4 is 0 Å². The zero-order chi connectivity index (χ0) is 15.6. The van der Waals surface area contributed by atoms with Crippen LogP contribution >= 0.6 is 0 Å². The van der Waals surface area contributed by atoms with E-state index in [9.17, 15) is 0 Å². The van der Waals surface area contributed by atoms with Gasteiger partial charge in [0.15, 0.2) is 11.5 Å². The Morgan fingerprint density at radius 3 is 2.55 bits per heavy atom. The third-order valence-electron chi connectivity index (χ3n) is 3.48. The van der Waals surface area contributed by atoms with Gasteiger partial charge in [-0.05, 0) is 31.0 Å². The first-order valence-corrected chi connectivity index (χ1v) is 7.88. The first-order valence-electron chi connectivity index (χ1n) is 7.88. The van der Waals surface area contributed by atoms with Crippen LogP contribution < -0.4 is 14.8 Å². The first kappa shape index (κ1) is 16.4. The van der Waals surface area contributed by atoms with Crippen molar-refractivity contribution in [2.75, 3.05) is 20.3 Å². The highest BCUT2D eigenvalue weighted by molar-refractivity contribution is 5.46. The molecule has 1 N–H and O–H groups in total. The van der Waals surface area contributed by atoms with Crippen LogP contribution in [0.5, 0.6) is 11.5 Å². The van der Waals surface area contributed by atoms with Gasteiger partial charge in [0.25, 0.3) is 0 Å². The molecule has 0 aliphatic heterocycles. The molecular weight excluding hydrogens is 274 g/mol. The summed E-state index contributed by atoms with van der Waals surface area (Å²) in [7, 11) is 1.68. The molecule has 0 fully saturated rings. The summed E-state index contributed by atoms with van der Waals surface area (Å²) in [6.45, 7) is 4.53. The highest BCUT2D eigenvalue weighted by Crippen LogP contribution is 2.31. The van der Waals surface area contributed by atoms with E-state index in [2.05, 4.69) is 42.6 Å². The molecule has 0 aliphatic carbocycles. The van der Waals surface area contributed by atoms with E-state index in [1.54, 1.807) is 7.11 Å². The Balaban J connectivity index is 1.91. The van der Waals surface area contributed by atoms with Crippen LogP contribution in [0.4, 0.5) is 0 Å². The van der Waals surface area contributed by atoms with Crippen molar-refractivity contribution in [1.82, 2.24) is 5.32 Å². The van der Waals surface area contributed by atoms with Crippen molar-refractivity contribution in [3.8, 4) is 11.5 Å². The monoisotopic (exact) mass is 299 g/mol. The zero-order valence-electron chi connectivity index (χ0n) is 13.5. The predicted molar refractivity (Wildman–Crippen MR) is 90.6 cm³/mol. The molecule has 0 aliphatic rings. The average molecular weight is 299 g/mol. The number of para-hydroxylation sites is 1. The molecule has 0 radical (unpaired) electrons. The highest BCUT2D eigenvalue weighted by atomic mass is 16.5. The normalized spacial score (nSPS) is 10.5. The fourth-order valence-electron chi connectivity index (χ4n) is 2.33. The van der Waals surface area contributed by atoms with Gasteiger partial charge in [0, 0.05) is 12.1 Å². The van der Waals surface area contributed by atoms with Crippen LogP contribution in [0.25, 0.3) is 0 Å². The zero-order valence-corrected chi connectivity index (χ0v) is 13.5.